The predicted octanol–water partition coefficient (Wildman–Crippen LogP) is 1.20. The minimum Gasteiger partial charge on any atom is -0.347 e. The first-order valence-electron chi connectivity index (χ1n) is 9.83. The lowest BCUT2D eigenvalue weighted by Crippen LogP contribution is -2.46. The van der Waals surface area contributed by atoms with Gasteiger partial charge in [0.05, 0.1) is 0 Å². The van der Waals surface area contributed by atoms with Gasteiger partial charge in [0.1, 0.15) is 6.04 Å². The summed E-state index contributed by atoms with van der Waals surface area (Å²) >= 11 is 0. The number of carbonyl (C=O) groups excluding carboxylic acids is 3. The standard InChI is InChI=1S/C20H28N4O3/c1-2-11-24-16-9-5-4-8-15(16)17(20(24)27)22-19(26)18(25)21-10-14-23-12-6-3-7-13-23/h4-5,8-9,17H,2-3,6-7,10-14H2,1H3,(H,21,25)(H,22,26). The third-order valence-electron chi connectivity index (χ3n) is 5.14. The lowest BCUT2D eigenvalue weighted by molar-refractivity contribution is -0.140. The largest absolute Gasteiger partial charge is 0.347 e. The van der Waals surface area contributed by atoms with Gasteiger partial charge in [0.15, 0.2) is 0 Å². The molecule has 0 aliphatic carbocycles. The van der Waals surface area contributed by atoms with Gasteiger partial charge in [-0.15, -0.1) is 0 Å². The molecule has 1 atom stereocenters. The molecule has 146 valence electrons. The van der Waals surface area contributed by atoms with Gasteiger partial charge in [0, 0.05) is 30.9 Å². The fourth-order valence-electron chi connectivity index (χ4n) is 3.77. The smallest absolute Gasteiger partial charge is 0.310 e. The van der Waals surface area contributed by atoms with Crippen molar-refractivity contribution in [3.8, 4) is 0 Å². The number of piperidine rings is 1. The lowest BCUT2D eigenvalue weighted by Gasteiger charge is -2.26. The van der Waals surface area contributed by atoms with Crippen LogP contribution in [0.5, 0.6) is 0 Å². The Balaban J connectivity index is 1.55. The van der Waals surface area contributed by atoms with Crippen LogP contribution < -0.4 is 15.5 Å². The number of amides is 3. The van der Waals surface area contributed by atoms with Crippen LogP contribution in [0.2, 0.25) is 0 Å². The quantitative estimate of drug-likeness (QED) is 0.736. The van der Waals surface area contributed by atoms with Crippen molar-refractivity contribution in [3.63, 3.8) is 0 Å². The molecule has 27 heavy (non-hydrogen) atoms. The summed E-state index contributed by atoms with van der Waals surface area (Å²) in [6, 6.07) is 6.59. The minimum absolute atomic E-state index is 0.187. The minimum atomic E-state index is -0.798. The number of rotatable bonds is 6. The first kappa shape index (κ1) is 19.4. The summed E-state index contributed by atoms with van der Waals surface area (Å²) in [5, 5.41) is 5.27. The van der Waals surface area contributed by atoms with Crippen molar-refractivity contribution in [1.82, 2.24) is 15.5 Å². The van der Waals surface area contributed by atoms with Gasteiger partial charge in [-0.05, 0) is 38.4 Å². The van der Waals surface area contributed by atoms with Gasteiger partial charge < -0.3 is 20.4 Å². The summed E-state index contributed by atoms with van der Waals surface area (Å²) < 4.78 is 0. The molecule has 0 saturated carbocycles. The Labute approximate surface area is 160 Å². The van der Waals surface area contributed by atoms with Crippen molar-refractivity contribution in [3.05, 3.63) is 29.8 Å². The molecule has 2 aliphatic heterocycles. The SMILES string of the molecule is CCCN1C(=O)C(NC(=O)C(=O)NCCN2CCCCC2)c2ccccc21. The molecule has 2 heterocycles. The van der Waals surface area contributed by atoms with Crippen molar-refractivity contribution in [2.24, 2.45) is 0 Å². The average molecular weight is 372 g/mol. The molecule has 1 unspecified atom stereocenters. The molecule has 7 heteroatoms. The van der Waals surface area contributed by atoms with E-state index in [0.29, 0.717) is 13.1 Å². The van der Waals surface area contributed by atoms with Crippen LogP contribution in [0.3, 0.4) is 0 Å². The Morgan fingerprint density at radius 1 is 1.07 bits per heavy atom. The highest BCUT2D eigenvalue weighted by Crippen LogP contribution is 2.35. The van der Waals surface area contributed by atoms with Crippen LogP contribution in [0.25, 0.3) is 0 Å². The highest BCUT2D eigenvalue weighted by molar-refractivity contribution is 6.35. The molecule has 3 rings (SSSR count). The predicted molar refractivity (Wildman–Crippen MR) is 103 cm³/mol. The number of benzene rings is 1. The normalized spacial score (nSPS) is 19.7. The Morgan fingerprint density at radius 2 is 1.81 bits per heavy atom. The average Bonchev–Trinajstić information content (AvgIpc) is 2.95. The number of nitrogens with zero attached hydrogens (tertiary/aromatic N) is 2. The zero-order chi connectivity index (χ0) is 19.2. The zero-order valence-corrected chi connectivity index (χ0v) is 15.9. The van der Waals surface area contributed by atoms with Crippen molar-refractivity contribution < 1.29 is 14.4 Å². The summed E-state index contributed by atoms with van der Waals surface area (Å²) in [7, 11) is 0. The second kappa shape index (κ2) is 8.99. The molecular weight excluding hydrogens is 344 g/mol. The summed E-state index contributed by atoms with van der Waals surface area (Å²) in [6.45, 7) is 5.85. The van der Waals surface area contributed by atoms with Gasteiger partial charge in [0.2, 0.25) is 0 Å². The zero-order valence-electron chi connectivity index (χ0n) is 15.9. The second-order valence-corrected chi connectivity index (χ2v) is 7.11. The van der Waals surface area contributed by atoms with E-state index in [4.69, 9.17) is 0 Å². The molecule has 2 aliphatic rings. The number of para-hydroxylation sites is 1. The van der Waals surface area contributed by atoms with E-state index in [0.717, 1.165) is 37.3 Å². The number of hydrogen-bond acceptors (Lipinski definition) is 4. The molecule has 1 aromatic rings. The van der Waals surface area contributed by atoms with Crippen molar-refractivity contribution >= 4 is 23.4 Å². The number of hydrogen-bond donors (Lipinski definition) is 2. The molecular formula is C20H28N4O3. The molecule has 2 N–H and O–H groups in total. The maximum Gasteiger partial charge on any atom is 0.310 e. The lowest BCUT2D eigenvalue weighted by atomic mass is 10.1. The molecule has 1 aromatic carbocycles. The molecule has 1 fully saturated rings. The van der Waals surface area contributed by atoms with E-state index in [1.54, 1.807) is 4.90 Å². The summed E-state index contributed by atoms with van der Waals surface area (Å²) in [5.74, 6) is -1.64. The summed E-state index contributed by atoms with van der Waals surface area (Å²) in [6.07, 6.45) is 4.45. The molecule has 3 amide bonds. The monoisotopic (exact) mass is 372 g/mol. The third kappa shape index (κ3) is 4.47. The summed E-state index contributed by atoms with van der Waals surface area (Å²) in [5.41, 5.74) is 1.55. The van der Waals surface area contributed by atoms with Crippen molar-refractivity contribution in [2.45, 2.75) is 38.6 Å². The maximum absolute atomic E-state index is 12.7. The number of carbonyl (C=O) groups is 3. The van der Waals surface area contributed by atoms with Gasteiger partial charge >= 0.3 is 11.8 Å². The maximum atomic E-state index is 12.7. The van der Waals surface area contributed by atoms with Gasteiger partial charge in [0.25, 0.3) is 5.91 Å². The van der Waals surface area contributed by atoms with Crippen LogP contribution in [0, 0.1) is 0 Å². The molecule has 0 radical (unpaired) electrons. The summed E-state index contributed by atoms with van der Waals surface area (Å²) in [4.78, 5) is 41.1. The highest BCUT2D eigenvalue weighted by atomic mass is 16.2. The Hall–Kier alpha value is -2.41. The van der Waals surface area contributed by atoms with Crippen molar-refractivity contribution in [1.29, 1.82) is 0 Å². The van der Waals surface area contributed by atoms with E-state index in [9.17, 15) is 14.4 Å². The Bertz CT molecular complexity index is 700. The topological polar surface area (TPSA) is 81.8 Å². The Kier molecular flexibility index (Phi) is 6.45. The highest BCUT2D eigenvalue weighted by Gasteiger charge is 2.38. The second-order valence-electron chi connectivity index (χ2n) is 7.11. The van der Waals surface area contributed by atoms with E-state index in [1.165, 1.54) is 19.3 Å². The van der Waals surface area contributed by atoms with Crippen LogP contribution in [0.15, 0.2) is 24.3 Å². The fourth-order valence-corrected chi connectivity index (χ4v) is 3.77. The van der Waals surface area contributed by atoms with Gasteiger partial charge in [-0.3, -0.25) is 14.4 Å². The molecule has 1 saturated heterocycles. The molecule has 0 spiro atoms. The number of fused-ring (bicyclic) bond motifs is 1. The molecule has 0 bridgehead atoms. The van der Waals surface area contributed by atoms with Gasteiger partial charge in [-0.1, -0.05) is 31.5 Å². The van der Waals surface area contributed by atoms with Crippen LogP contribution >= 0.6 is 0 Å². The van der Waals surface area contributed by atoms with E-state index in [2.05, 4.69) is 15.5 Å². The fraction of sp³-hybridized carbons (Fsp3) is 0.550. The molecule has 7 nitrogen and oxygen atoms in total. The number of likely N-dealkylation sites (tertiary alicyclic amines) is 1. The first-order valence-corrected chi connectivity index (χ1v) is 9.83. The third-order valence-corrected chi connectivity index (χ3v) is 5.14. The van der Waals surface area contributed by atoms with Crippen molar-refractivity contribution in [2.75, 3.05) is 37.6 Å². The number of anilines is 1. The van der Waals surface area contributed by atoms with Crippen LogP contribution in [-0.2, 0) is 14.4 Å². The number of nitrogens with one attached hydrogen (secondary N) is 2. The van der Waals surface area contributed by atoms with Gasteiger partial charge in [-0.2, -0.15) is 0 Å². The first-order chi connectivity index (χ1) is 13.1. The molecule has 0 aromatic heterocycles. The van der Waals surface area contributed by atoms with E-state index in [1.807, 2.05) is 31.2 Å². The Morgan fingerprint density at radius 3 is 2.56 bits per heavy atom. The van der Waals surface area contributed by atoms with Gasteiger partial charge in [-0.25, -0.2) is 0 Å². The van der Waals surface area contributed by atoms with E-state index < -0.39 is 17.9 Å². The van der Waals surface area contributed by atoms with Crippen LogP contribution in [0.4, 0.5) is 5.69 Å². The van der Waals surface area contributed by atoms with Crippen LogP contribution in [0.1, 0.15) is 44.2 Å². The van der Waals surface area contributed by atoms with Crippen LogP contribution in [-0.4, -0.2) is 55.3 Å². The van der Waals surface area contributed by atoms with E-state index in [-0.39, 0.29) is 5.91 Å². The van der Waals surface area contributed by atoms with E-state index >= 15 is 0 Å².